The Kier molecular flexibility index (Phi) is 8.33. The quantitative estimate of drug-likeness (QED) is 0.156. The van der Waals surface area contributed by atoms with Crippen molar-refractivity contribution < 1.29 is 18.4 Å². The molecule has 4 aromatic rings. The Bertz CT molecular complexity index is 1250. The van der Waals surface area contributed by atoms with E-state index in [1.54, 1.807) is 25.6 Å². The van der Waals surface area contributed by atoms with E-state index in [0.29, 0.717) is 11.5 Å². The van der Waals surface area contributed by atoms with Gasteiger partial charge in [0, 0.05) is 44.7 Å². The number of rotatable bonds is 10. The van der Waals surface area contributed by atoms with Crippen molar-refractivity contribution in [2.75, 3.05) is 40.5 Å². The molecule has 5 rings (SSSR count). The first-order valence-electron chi connectivity index (χ1n) is 12.3. The fraction of sp³-hybridized carbons (Fsp3) is 0.310. The van der Waals surface area contributed by atoms with Gasteiger partial charge in [0.2, 0.25) is 0 Å². The average Bonchev–Trinajstić information content (AvgIpc) is 3.36. The maximum atomic E-state index is 6.26. The fourth-order valence-corrected chi connectivity index (χ4v) is 6.03. The maximum absolute atomic E-state index is 6.26. The van der Waals surface area contributed by atoms with Crippen LogP contribution in [0.4, 0.5) is 0 Å². The molecule has 5 nitrogen and oxygen atoms in total. The molecule has 3 aromatic carbocycles. The van der Waals surface area contributed by atoms with Gasteiger partial charge in [-0.1, -0.05) is 24.6 Å². The van der Waals surface area contributed by atoms with Crippen molar-refractivity contribution in [1.82, 2.24) is 4.90 Å². The molecule has 0 aliphatic carbocycles. The summed E-state index contributed by atoms with van der Waals surface area (Å²) >= 11 is 3.15. The van der Waals surface area contributed by atoms with Gasteiger partial charge < -0.3 is 23.3 Å². The molecule has 36 heavy (non-hydrogen) atoms. The summed E-state index contributed by atoms with van der Waals surface area (Å²) in [5.41, 5.74) is 0.976. The maximum Gasteiger partial charge on any atom is 0.170 e. The van der Waals surface area contributed by atoms with E-state index in [1.165, 1.54) is 54.5 Å². The number of ether oxygens (including phenoxy) is 3. The van der Waals surface area contributed by atoms with Crippen LogP contribution in [-0.2, 0) is 4.18 Å². The van der Waals surface area contributed by atoms with Crippen molar-refractivity contribution in [1.29, 1.82) is 0 Å². The van der Waals surface area contributed by atoms with E-state index < -0.39 is 0 Å². The van der Waals surface area contributed by atoms with Crippen LogP contribution in [0.25, 0.3) is 20.5 Å². The van der Waals surface area contributed by atoms with Gasteiger partial charge in [-0.3, -0.25) is 0 Å². The smallest absolute Gasteiger partial charge is 0.170 e. The lowest BCUT2D eigenvalue weighted by molar-refractivity contribution is 0.194. The van der Waals surface area contributed by atoms with Crippen LogP contribution in [0.3, 0.4) is 0 Å². The third-order valence-electron chi connectivity index (χ3n) is 6.32. The molecule has 0 amide bonds. The minimum atomic E-state index is 0.621. The Morgan fingerprint density at radius 3 is 2.36 bits per heavy atom. The van der Waals surface area contributed by atoms with Gasteiger partial charge in [-0.2, -0.15) is 0 Å². The number of likely N-dealkylation sites (tertiary alicyclic amines) is 1. The predicted molar refractivity (Wildman–Crippen MR) is 149 cm³/mol. The molecule has 0 N–H and O–H groups in total. The number of piperidine rings is 1. The Morgan fingerprint density at radius 2 is 1.61 bits per heavy atom. The normalized spacial score (nSPS) is 14.2. The minimum Gasteiger partial charge on any atom is -0.496 e. The van der Waals surface area contributed by atoms with Crippen molar-refractivity contribution in [2.24, 2.45) is 0 Å². The lowest BCUT2D eigenvalue weighted by atomic mass is 10.1. The third-order valence-corrected chi connectivity index (χ3v) is 8.22. The SMILES string of the molecule is COc1cc(OC)c(-c2cc3ccccc3s2)cc1Oc1ccc(SOCCN2CCCCC2)cc1. The Hall–Kier alpha value is -2.71. The number of hydrogen-bond donors (Lipinski definition) is 0. The third kappa shape index (κ3) is 5.98. The lowest BCUT2D eigenvalue weighted by Crippen LogP contribution is -2.32. The molecule has 0 atom stereocenters. The largest absolute Gasteiger partial charge is 0.496 e. The topological polar surface area (TPSA) is 40.2 Å². The molecule has 2 heterocycles. The highest BCUT2D eigenvalue weighted by molar-refractivity contribution is 7.94. The molecule has 0 radical (unpaired) electrons. The van der Waals surface area contributed by atoms with Crippen LogP contribution in [-0.4, -0.2) is 45.4 Å². The number of fused-ring (bicyclic) bond motifs is 1. The standard InChI is InChI=1S/C29H31NO4S2/c1-31-25-20-26(32-2)27(19-24(25)29-18-21-8-4-5-9-28(21)35-29)34-22-10-12-23(13-11-22)36-33-17-16-30-14-6-3-7-15-30/h4-5,8-13,18-20H,3,6-7,14-17H2,1-2H3. The van der Waals surface area contributed by atoms with Gasteiger partial charge in [-0.05, 0) is 73.8 Å². The Morgan fingerprint density at radius 1 is 0.833 bits per heavy atom. The highest BCUT2D eigenvalue weighted by Crippen LogP contribution is 2.45. The summed E-state index contributed by atoms with van der Waals surface area (Å²) < 4.78 is 24.6. The zero-order chi connectivity index (χ0) is 24.7. The molecule has 188 valence electrons. The second-order valence-electron chi connectivity index (χ2n) is 8.73. The molecule has 7 heteroatoms. The Labute approximate surface area is 221 Å². The van der Waals surface area contributed by atoms with Gasteiger partial charge >= 0.3 is 0 Å². The van der Waals surface area contributed by atoms with E-state index in [-0.39, 0.29) is 0 Å². The zero-order valence-corrected chi connectivity index (χ0v) is 22.3. The van der Waals surface area contributed by atoms with Gasteiger partial charge in [0.15, 0.2) is 11.5 Å². The second kappa shape index (κ2) is 12.0. The van der Waals surface area contributed by atoms with Crippen LogP contribution in [0.2, 0.25) is 0 Å². The molecule has 0 unspecified atom stereocenters. The Balaban J connectivity index is 1.27. The predicted octanol–water partition coefficient (Wildman–Crippen LogP) is 7.89. The summed E-state index contributed by atoms with van der Waals surface area (Å²) in [4.78, 5) is 4.65. The summed E-state index contributed by atoms with van der Waals surface area (Å²) in [6.45, 7) is 4.11. The highest BCUT2D eigenvalue weighted by atomic mass is 32.2. The van der Waals surface area contributed by atoms with E-state index in [9.17, 15) is 0 Å². The van der Waals surface area contributed by atoms with Crippen LogP contribution >= 0.6 is 23.4 Å². The van der Waals surface area contributed by atoms with Gasteiger partial charge in [0.1, 0.15) is 11.5 Å². The van der Waals surface area contributed by atoms with Crippen LogP contribution in [0.5, 0.6) is 23.0 Å². The van der Waals surface area contributed by atoms with Crippen molar-refractivity contribution in [2.45, 2.75) is 24.2 Å². The molecular weight excluding hydrogens is 490 g/mol. The molecule has 1 aliphatic heterocycles. The number of methoxy groups -OCH3 is 2. The van der Waals surface area contributed by atoms with E-state index in [2.05, 4.69) is 35.2 Å². The summed E-state index contributed by atoms with van der Waals surface area (Å²) in [5.74, 6) is 2.75. The molecule has 1 saturated heterocycles. The minimum absolute atomic E-state index is 0.621. The lowest BCUT2D eigenvalue weighted by Gasteiger charge is -2.25. The van der Waals surface area contributed by atoms with Crippen LogP contribution < -0.4 is 14.2 Å². The number of thiophene rings is 1. The summed E-state index contributed by atoms with van der Waals surface area (Å²) in [7, 11) is 3.32. The first-order chi connectivity index (χ1) is 17.7. The molecular formula is C29H31NO4S2. The molecule has 1 fully saturated rings. The van der Waals surface area contributed by atoms with Gasteiger partial charge in [-0.15, -0.1) is 11.3 Å². The van der Waals surface area contributed by atoms with Crippen molar-refractivity contribution in [3.63, 3.8) is 0 Å². The number of benzene rings is 3. The number of hydrogen-bond acceptors (Lipinski definition) is 7. The summed E-state index contributed by atoms with van der Waals surface area (Å²) in [6, 6.07) is 22.4. The van der Waals surface area contributed by atoms with E-state index >= 15 is 0 Å². The molecule has 0 bridgehead atoms. The van der Waals surface area contributed by atoms with Gasteiger partial charge in [0.25, 0.3) is 0 Å². The molecule has 0 spiro atoms. The van der Waals surface area contributed by atoms with Gasteiger partial charge in [-0.25, -0.2) is 0 Å². The zero-order valence-electron chi connectivity index (χ0n) is 20.7. The van der Waals surface area contributed by atoms with Crippen LogP contribution in [0.15, 0.2) is 71.6 Å². The molecule has 1 aromatic heterocycles. The van der Waals surface area contributed by atoms with Crippen LogP contribution in [0.1, 0.15) is 19.3 Å². The van der Waals surface area contributed by atoms with Crippen molar-refractivity contribution in [3.8, 4) is 33.4 Å². The first kappa shape index (κ1) is 25.0. The van der Waals surface area contributed by atoms with E-state index in [1.807, 2.05) is 36.4 Å². The van der Waals surface area contributed by atoms with Crippen LogP contribution in [0, 0.1) is 0 Å². The monoisotopic (exact) mass is 521 g/mol. The van der Waals surface area contributed by atoms with E-state index in [0.717, 1.165) is 40.0 Å². The average molecular weight is 522 g/mol. The summed E-state index contributed by atoms with van der Waals surface area (Å²) in [6.07, 6.45) is 3.97. The first-order valence-corrected chi connectivity index (χ1v) is 13.8. The van der Waals surface area contributed by atoms with Crippen molar-refractivity contribution in [3.05, 3.63) is 66.7 Å². The molecule has 0 saturated carbocycles. The van der Waals surface area contributed by atoms with Crippen molar-refractivity contribution >= 4 is 33.5 Å². The van der Waals surface area contributed by atoms with E-state index in [4.69, 9.17) is 18.4 Å². The number of nitrogens with zero attached hydrogens (tertiary/aromatic N) is 1. The second-order valence-corrected chi connectivity index (χ2v) is 10.7. The highest BCUT2D eigenvalue weighted by Gasteiger charge is 2.17. The molecule has 1 aliphatic rings. The summed E-state index contributed by atoms with van der Waals surface area (Å²) in [5, 5.41) is 1.21. The van der Waals surface area contributed by atoms with Gasteiger partial charge in [0.05, 0.1) is 20.8 Å². The fourth-order valence-electron chi connectivity index (χ4n) is 4.41.